The summed E-state index contributed by atoms with van der Waals surface area (Å²) in [6.45, 7) is 5.43. The Morgan fingerprint density at radius 2 is 1.96 bits per heavy atom. The van der Waals surface area contributed by atoms with Gasteiger partial charge < -0.3 is 20.5 Å². The minimum Gasteiger partial charge on any atom is -0.386 e. The number of aliphatic hydroxyl groups is 1. The predicted octanol–water partition coefficient (Wildman–Crippen LogP) is 4.03. The monoisotopic (exact) mass is 423 g/mol. The van der Waals surface area contributed by atoms with Crippen molar-refractivity contribution in [2.75, 3.05) is 32.8 Å². The molecule has 0 saturated heterocycles. The van der Waals surface area contributed by atoms with Crippen molar-refractivity contribution < 1.29 is 9.84 Å². The van der Waals surface area contributed by atoms with E-state index in [-0.39, 0.29) is 0 Å². The van der Waals surface area contributed by atoms with Gasteiger partial charge in [0, 0.05) is 24.6 Å². The summed E-state index contributed by atoms with van der Waals surface area (Å²) in [4.78, 5) is 5.29. The molecule has 154 valence electrons. The Morgan fingerprint density at radius 3 is 2.68 bits per heavy atom. The highest BCUT2D eigenvalue weighted by Gasteiger charge is 2.10. The summed E-state index contributed by atoms with van der Waals surface area (Å²) in [6, 6.07) is 14.0. The number of nitrogens with one attached hydrogen (secondary N) is 2. The molecule has 0 saturated carbocycles. The third-order valence-corrected chi connectivity index (χ3v) is 5.41. The molecule has 1 unspecified atom stereocenters. The maximum absolute atomic E-state index is 10.2. The topological polar surface area (TPSA) is 65.9 Å². The number of aliphatic imine (C=N–C) groups is 1. The van der Waals surface area contributed by atoms with Crippen LogP contribution in [0, 0.1) is 0 Å². The van der Waals surface area contributed by atoms with Crippen molar-refractivity contribution in [2.45, 2.75) is 32.3 Å². The zero-order valence-electron chi connectivity index (χ0n) is 16.4. The van der Waals surface area contributed by atoms with Crippen LogP contribution in [0.2, 0.25) is 4.34 Å². The number of aliphatic hydroxyl groups excluding tert-OH is 1. The number of guanidine groups is 1. The summed E-state index contributed by atoms with van der Waals surface area (Å²) in [5.74, 6) is 0.717. The van der Waals surface area contributed by atoms with Crippen LogP contribution in [0.25, 0.3) is 0 Å². The summed E-state index contributed by atoms with van der Waals surface area (Å²) in [6.07, 6.45) is 2.32. The maximum atomic E-state index is 10.2. The molecule has 3 N–H and O–H groups in total. The second-order valence-electron chi connectivity index (χ2n) is 6.36. The quantitative estimate of drug-likeness (QED) is 0.274. The molecule has 0 aliphatic carbocycles. The van der Waals surface area contributed by atoms with Gasteiger partial charge in [-0.2, -0.15) is 0 Å². The number of rotatable bonds is 12. The molecule has 0 aliphatic heterocycles. The molecular weight excluding hydrogens is 394 g/mol. The van der Waals surface area contributed by atoms with E-state index in [1.165, 1.54) is 16.9 Å². The first-order chi connectivity index (χ1) is 13.7. The van der Waals surface area contributed by atoms with Gasteiger partial charge in [-0.1, -0.05) is 41.9 Å². The van der Waals surface area contributed by atoms with E-state index in [9.17, 15) is 5.11 Å². The van der Waals surface area contributed by atoms with Crippen molar-refractivity contribution in [3.63, 3.8) is 0 Å². The zero-order chi connectivity index (χ0) is 20.0. The van der Waals surface area contributed by atoms with Gasteiger partial charge in [-0.3, -0.25) is 4.99 Å². The molecular formula is C21H30ClN3O2S. The fraction of sp³-hybridized carbons (Fsp3) is 0.476. The Morgan fingerprint density at radius 1 is 1.14 bits per heavy atom. The Hall–Kier alpha value is -1.60. The Kier molecular flexibility index (Phi) is 11.0. The van der Waals surface area contributed by atoms with Crippen molar-refractivity contribution in [1.82, 2.24) is 10.6 Å². The Bertz CT molecular complexity index is 694. The molecule has 0 spiro atoms. The minimum absolute atomic E-state index is 0.300. The molecule has 2 rings (SSSR count). The smallest absolute Gasteiger partial charge is 0.191 e. The fourth-order valence-electron chi connectivity index (χ4n) is 2.59. The molecule has 0 radical (unpaired) electrons. The fourth-order valence-corrected chi connectivity index (χ4v) is 3.63. The van der Waals surface area contributed by atoms with Gasteiger partial charge in [-0.05, 0) is 43.9 Å². The molecule has 0 amide bonds. The van der Waals surface area contributed by atoms with Crippen molar-refractivity contribution in [1.29, 1.82) is 0 Å². The highest BCUT2D eigenvalue weighted by molar-refractivity contribution is 7.16. The first-order valence-electron chi connectivity index (χ1n) is 9.76. The molecule has 0 fully saturated rings. The second-order valence-corrected chi connectivity index (χ2v) is 8.11. The number of unbranched alkanes of at least 4 members (excludes halogenated alkanes) is 1. The second kappa shape index (κ2) is 13.6. The third kappa shape index (κ3) is 9.06. The highest BCUT2D eigenvalue weighted by Crippen LogP contribution is 2.26. The van der Waals surface area contributed by atoms with Crippen molar-refractivity contribution in [3.8, 4) is 0 Å². The lowest BCUT2D eigenvalue weighted by Gasteiger charge is -2.12. The van der Waals surface area contributed by atoms with Crippen LogP contribution < -0.4 is 10.6 Å². The number of hydrogen-bond donors (Lipinski definition) is 3. The van der Waals surface area contributed by atoms with Gasteiger partial charge in [0.05, 0.1) is 17.5 Å². The molecule has 0 bridgehead atoms. The number of nitrogens with zero attached hydrogens (tertiary/aromatic N) is 1. The summed E-state index contributed by atoms with van der Waals surface area (Å²) in [5, 5.41) is 16.7. The van der Waals surface area contributed by atoms with Crippen molar-refractivity contribution in [2.24, 2.45) is 4.99 Å². The summed E-state index contributed by atoms with van der Waals surface area (Å²) < 4.78 is 6.38. The largest absolute Gasteiger partial charge is 0.386 e. The zero-order valence-corrected chi connectivity index (χ0v) is 17.9. The molecule has 1 aromatic heterocycles. The first-order valence-corrected chi connectivity index (χ1v) is 11.0. The van der Waals surface area contributed by atoms with E-state index in [1.54, 1.807) is 6.07 Å². The number of benzene rings is 1. The van der Waals surface area contributed by atoms with Crippen LogP contribution in [0.1, 0.15) is 36.3 Å². The van der Waals surface area contributed by atoms with Crippen LogP contribution in [0.3, 0.4) is 0 Å². The first kappa shape index (κ1) is 22.7. The average molecular weight is 424 g/mol. The predicted molar refractivity (Wildman–Crippen MR) is 118 cm³/mol. The maximum Gasteiger partial charge on any atom is 0.191 e. The summed E-state index contributed by atoms with van der Waals surface area (Å²) >= 11 is 7.30. The van der Waals surface area contributed by atoms with Crippen LogP contribution in [0.5, 0.6) is 0 Å². The minimum atomic E-state index is -0.633. The summed E-state index contributed by atoms with van der Waals surface area (Å²) in [7, 11) is 0. The van der Waals surface area contributed by atoms with Crippen molar-refractivity contribution in [3.05, 3.63) is 57.2 Å². The number of ether oxygens (including phenoxy) is 1. The molecule has 0 aliphatic rings. The van der Waals surface area contributed by atoms with E-state index in [1.807, 2.05) is 19.1 Å². The molecule has 1 heterocycles. The molecule has 1 atom stereocenters. The number of halogens is 1. The third-order valence-electron chi connectivity index (χ3n) is 4.07. The lowest BCUT2D eigenvalue weighted by molar-refractivity contribution is 0.133. The van der Waals surface area contributed by atoms with Gasteiger partial charge in [0.1, 0.15) is 6.10 Å². The lowest BCUT2D eigenvalue weighted by atomic mass is 10.2. The van der Waals surface area contributed by atoms with Gasteiger partial charge in [0.2, 0.25) is 0 Å². The van der Waals surface area contributed by atoms with Crippen LogP contribution >= 0.6 is 22.9 Å². The number of hydrogen-bond acceptors (Lipinski definition) is 4. The van der Waals surface area contributed by atoms with E-state index in [0.717, 1.165) is 50.4 Å². The molecule has 2 aromatic rings. The van der Waals surface area contributed by atoms with E-state index in [4.69, 9.17) is 16.3 Å². The van der Waals surface area contributed by atoms with E-state index >= 15 is 0 Å². The lowest BCUT2D eigenvalue weighted by Crippen LogP contribution is -2.38. The molecule has 28 heavy (non-hydrogen) atoms. The van der Waals surface area contributed by atoms with E-state index in [2.05, 4.69) is 39.9 Å². The van der Waals surface area contributed by atoms with Crippen molar-refractivity contribution >= 4 is 28.9 Å². The SMILES string of the molecule is CCNC(=NCC(O)c1ccc(Cl)s1)NCCCCOCCc1ccccc1. The van der Waals surface area contributed by atoms with Gasteiger partial charge in [0.15, 0.2) is 5.96 Å². The van der Waals surface area contributed by atoms with Gasteiger partial charge >= 0.3 is 0 Å². The number of thiophene rings is 1. The average Bonchev–Trinajstić information content (AvgIpc) is 3.15. The highest BCUT2D eigenvalue weighted by atomic mass is 35.5. The normalized spacial score (nSPS) is 12.8. The molecule has 1 aromatic carbocycles. The van der Waals surface area contributed by atoms with Gasteiger partial charge in [0.25, 0.3) is 0 Å². The van der Waals surface area contributed by atoms with Crippen LogP contribution in [-0.2, 0) is 11.2 Å². The molecule has 7 heteroatoms. The van der Waals surface area contributed by atoms with Crippen LogP contribution in [0.4, 0.5) is 0 Å². The Labute approximate surface area is 176 Å². The summed E-state index contributed by atoms with van der Waals surface area (Å²) in [5.41, 5.74) is 1.31. The van der Waals surface area contributed by atoms with Gasteiger partial charge in [-0.15, -0.1) is 11.3 Å². The van der Waals surface area contributed by atoms with Crippen LogP contribution in [-0.4, -0.2) is 43.9 Å². The standard InChI is InChI=1S/C21H30ClN3O2S/c1-2-23-21(25-16-18(26)19-10-11-20(22)28-19)24-13-6-7-14-27-15-12-17-8-4-3-5-9-17/h3-5,8-11,18,26H,2,6-7,12-16H2,1H3,(H2,23,24,25). The van der Waals surface area contributed by atoms with Crippen LogP contribution in [0.15, 0.2) is 47.5 Å². The molecule has 5 nitrogen and oxygen atoms in total. The Balaban J connectivity index is 1.57. The van der Waals surface area contributed by atoms with Gasteiger partial charge in [-0.25, -0.2) is 0 Å². The van der Waals surface area contributed by atoms with E-state index in [0.29, 0.717) is 16.8 Å². The van der Waals surface area contributed by atoms with E-state index < -0.39 is 6.10 Å².